The highest BCUT2D eigenvalue weighted by molar-refractivity contribution is 6.34. The van der Waals surface area contributed by atoms with Gasteiger partial charge in [0.25, 0.3) is 0 Å². The molecule has 3 N–H and O–H groups in total. The Morgan fingerprint density at radius 2 is 1.95 bits per heavy atom. The van der Waals surface area contributed by atoms with Gasteiger partial charge in [0.15, 0.2) is 0 Å². The van der Waals surface area contributed by atoms with Gasteiger partial charge in [0, 0.05) is 17.3 Å². The summed E-state index contributed by atoms with van der Waals surface area (Å²) in [6.07, 6.45) is 0. The predicted octanol–water partition coefficient (Wildman–Crippen LogP) is 4.01. The van der Waals surface area contributed by atoms with Crippen LogP contribution >= 0.6 is 23.2 Å². The summed E-state index contributed by atoms with van der Waals surface area (Å²) in [5.74, 6) is -0.532. The van der Waals surface area contributed by atoms with E-state index in [1.54, 1.807) is 18.2 Å². The van der Waals surface area contributed by atoms with Crippen LogP contribution < -0.4 is 11.1 Å². The summed E-state index contributed by atoms with van der Waals surface area (Å²) in [7, 11) is 0. The van der Waals surface area contributed by atoms with Gasteiger partial charge in [-0.25, -0.2) is 0 Å². The Labute approximate surface area is 127 Å². The predicted molar refractivity (Wildman–Crippen MR) is 83.5 cm³/mol. The molecule has 0 aliphatic carbocycles. The molecule has 0 spiro atoms. The van der Waals surface area contributed by atoms with E-state index in [0.29, 0.717) is 17.1 Å². The number of carbonyl (C=O) groups excluding carboxylic acids is 1. The minimum Gasteiger partial charge on any atom is -0.381 e. The van der Waals surface area contributed by atoms with Gasteiger partial charge in [0.2, 0.25) is 5.91 Å². The van der Waals surface area contributed by atoms with Crippen LogP contribution in [-0.4, -0.2) is 5.91 Å². The molecule has 2 aromatic rings. The zero-order valence-corrected chi connectivity index (χ0v) is 12.4. The Balaban J connectivity index is 2.11. The SMILES string of the molecule is Cc1cc(Cl)ccc1CNc1ccc(C(N)=O)c(Cl)c1. The minimum absolute atomic E-state index is 0.319. The molecule has 0 bridgehead atoms. The number of hydrogen-bond donors (Lipinski definition) is 2. The molecule has 0 aliphatic rings. The van der Waals surface area contributed by atoms with Crippen LogP contribution in [0.4, 0.5) is 5.69 Å². The number of nitrogens with one attached hydrogen (secondary N) is 1. The van der Waals surface area contributed by atoms with Crippen LogP contribution in [0, 0.1) is 6.92 Å². The van der Waals surface area contributed by atoms with E-state index in [1.165, 1.54) is 0 Å². The average Bonchev–Trinajstić information content (AvgIpc) is 2.37. The molecule has 0 fully saturated rings. The molecule has 0 aliphatic heterocycles. The highest BCUT2D eigenvalue weighted by atomic mass is 35.5. The molecular formula is C15H14Cl2N2O. The quantitative estimate of drug-likeness (QED) is 0.896. The zero-order chi connectivity index (χ0) is 14.7. The molecule has 104 valence electrons. The molecule has 0 unspecified atom stereocenters. The van der Waals surface area contributed by atoms with Gasteiger partial charge in [-0.1, -0.05) is 29.3 Å². The number of hydrogen-bond acceptors (Lipinski definition) is 2. The third-order valence-electron chi connectivity index (χ3n) is 3.02. The van der Waals surface area contributed by atoms with Gasteiger partial charge in [-0.3, -0.25) is 4.79 Å². The minimum atomic E-state index is -0.532. The molecule has 1 amide bonds. The van der Waals surface area contributed by atoms with E-state index in [-0.39, 0.29) is 0 Å². The van der Waals surface area contributed by atoms with Gasteiger partial charge >= 0.3 is 0 Å². The van der Waals surface area contributed by atoms with E-state index in [9.17, 15) is 4.79 Å². The van der Waals surface area contributed by atoms with Gasteiger partial charge < -0.3 is 11.1 Å². The van der Waals surface area contributed by atoms with Crippen LogP contribution in [0.25, 0.3) is 0 Å². The lowest BCUT2D eigenvalue weighted by Gasteiger charge is -2.10. The molecule has 20 heavy (non-hydrogen) atoms. The summed E-state index contributed by atoms with van der Waals surface area (Å²) in [6.45, 7) is 2.65. The van der Waals surface area contributed by atoms with E-state index < -0.39 is 5.91 Å². The summed E-state index contributed by atoms with van der Waals surface area (Å²) in [5, 5.41) is 4.31. The fourth-order valence-electron chi connectivity index (χ4n) is 1.88. The second-order valence-corrected chi connectivity index (χ2v) is 5.33. The number of carbonyl (C=O) groups is 1. The first-order valence-electron chi connectivity index (χ1n) is 6.05. The lowest BCUT2D eigenvalue weighted by atomic mass is 10.1. The van der Waals surface area contributed by atoms with Crippen LogP contribution in [0.5, 0.6) is 0 Å². The lowest BCUT2D eigenvalue weighted by Crippen LogP contribution is -2.11. The van der Waals surface area contributed by atoms with E-state index >= 15 is 0 Å². The molecule has 0 saturated carbocycles. The normalized spacial score (nSPS) is 10.3. The second-order valence-electron chi connectivity index (χ2n) is 4.48. The summed E-state index contributed by atoms with van der Waals surface area (Å²) in [6, 6.07) is 10.8. The number of halogens is 2. The fourth-order valence-corrected chi connectivity index (χ4v) is 2.38. The number of anilines is 1. The fraction of sp³-hybridized carbons (Fsp3) is 0.133. The maximum atomic E-state index is 11.1. The third kappa shape index (κ3) is 3.44. The highest BCUT2D eigenvalue weighted by Crippen LogP contribution is 2.22. The number of amides is 1. The molecule has 0 heterocycles. The van der Waals surface area contributed by atoms with Gasteiger partial charge in [0.1, 0.15) is 0 Å². The zero-order valence-electron chi connectivity index (χ0n) is 10.9. The van der Waals surface area contributed by atoms with Gasteiger partial charge in [0.05, 0.1) is 10.6 Å². The van der Waals surface area contributed by atoms with Gasteiger partial charge in [-0.15, -0.1) is 0 Å². The molecule has 0 saturated heterocycles. The summed E-state index contributed by atoms with van der Waals surface area (Å²) in [5.41, 5.74) is 8.61. The summed E-state index contributed by atoms with van der Waals surface area (Å²) < 4.78 is 0. The molecule has 0 radical (unpaired) electrons. The van der Waals surface area contributed by atoms with Gasteiger partial charge in [-0.2, -0.15) is 0 Å². The van der Waals surface area contributed by atoms with Crippen LogP contribution in [0.2, 0.25) is 10.0 Å². The first-order chi connectivity index (χ1) is 9.47. The maximum absolute atomic E-state index is 11.1. The van der Waals surface area contributed by atoms with Crippen molar-refractivity contribution in [3.8, 4) is 0 Å². The number of primary amides is 1. The molecule has 2 aromatic carbocycles. The lowest BCUT2D eigenvalue weighted by molar-refractivity contribution is 0.100. The van der Waals surface area contributed by atoms with Crippen LogP contribution in [0.1, 0.15) is 21.5 Å². The highest BCUT2D eigenvalue weighted by Gasteiger charge is 2.07. The molecule has 2 rings (SSSR count). The van der Waals surface area contributed by atoms with Gasteiger partial charge in [-0.05, 0) is 48.4 Å². The second kappa shape index (κ2) is 6.16. The molecule has 0 atom stereocenters. The van der Waals surface area contributed by atoms with Crippen LogP contribution in [0.15, 0.2) is 36.4 Å². The van der Waals surface area contributed by atoms with Crippen LogP contribution in [-0.2, 0) is 6.54 Å². The van der Waals surface area contributed by atoms with Crippen molar-refractivity contribution >= 4 is 34.8 Å². The van der Waals surface area contributed by atoms with E-state index in [0.717, 1.165) is 21.8 Å². The number of nitrogens with two attached hydrogens (primary N) is 1. The van der Waals surface area contributed by atoms with Crippen molar-refractivity contribution in [1.29, 1.82) is 0 Å². The van der Waals surface area contributed by atoms with Crippen molar-refractivity contribution in [3.63, 3.8) is 0 Å². The van der Waals surface area contributed by atoms with Crippen molar-refractivity contribution in [3.05, 3.63) is 63.1 Å². The number of rotatable bonds is 4. The van der Waals surface area contributed by atoms with Crippen molar-refractivity contribution in [2.45, 2.75) is 13.5 Å². The number of aryl methyl sites for hydroxylation is 1. The Kier molecular flexibility index (Phi) is 4.53. The molecule has 3 nitrogen and oxygen atoms in total. The van der Waals surface area contributed by atoms with Crippen LogP contribution in [0.3, 0.4) is 0 Å². The Bertz CT molecular complexity index is 656. The van der Waals surface area contributed by atoms with E-state index in [4.69, 9.17) is 28.9 Å². The maximum Gasteiger partial charge on any atom is 0.250 e. The van der Waals surface area contributed by atoms with E-state index in [1.807, 2.05) is 25.1 Å². The average molecular weight is 309 g/mol. The molecule has 0 aromatic heterocycles. The third-order valence-corrected chi connectivity index (χ3v) is 3.57. The topological polar surface area (TPSA) is 55.1 Å². The van der Waals surface area contributed by atoms with Crippen molar-refractivity contribution < 1.29 is 4.79 Å². The Morgan fingerprint density at radius 3 is 2.55 bits per heavy atom. The Hall–Kier alpha value is -1.71. The smallest absolute Gasteiger partial charge is 0.250 e. The van der Waals surface area contributed by atoms with Crippen molar-refractivity contribution in [2.75, 3.05) is 5.32 Å². The first kappa shape index (κ1) is 14.7. The van der Waals surface area contributed by atoms with Crippen molar-refractivity contribution in [1.82, 2.24) is 0 Å². The molecular weight excluding hydrogens is 295 g/mol. The first-order valence-corrected chi connectivity index (χ1v) is 6.81. The van der Waals surface area contributed by atoms with Crippen molar-refractivity contribution in [2.24, 2.45) is 5.73 Å². The molecule has 5 heteroatoms. The standard InChI is InChI=1S/C15H14Cl2N2O/c1-9-6-11(16)3-2-10(9)8-19-12-4-5-13(15(18)20)14(17)7-12/h2-7,19H,8H2,1H3,(H2,18,20). The van der Waals surface area contributed by atoms with E-state index in [2.05, 4.69) is 5.32 Å². The summed E-state index contributed by atoms with van der Waals surface area (Å²) >= 11 is 11.9. The number of benzene rings is 2. The Morgan fingerprint density at radius 1 is 1.20 bits per heavy atom. The largest absolute Gasteiger partial charge is 0.381 e. The summed E-state index contributed by atoms with van der Waals surface area (Å²) in [4.78, 5) is 11.1. The monoisotopic (exact) mass is 308 g/mol.